The van der Waals surface area contributed by atoms with E-state index < -0.39 is 11.2 Å². The molecule has 0 radical (unpaired) electrons. The quantitative estimate of drug-likeness (QED) is 0.843. The SMILES string of the molecule is CNc1cnc(Cn2cc(Br)c(=O)[nH]c2=O)cn1. The normalized spacial score (nSPS) is 10.3. The minimum absolute atomic E-state index is 0.241. The minimum Gasteiger partial charge on any atom is -0.372 e. The smallest absolute Gasteiger partial charge is 0.328 e. The molecule has 0 fully saturated rings. The molecule has 0 unspecified atom stereocenters. The first-order valence-electron chi connectivity index (χ1n) is 5.08. The largest absolute Gasteiger partial charge is 0.372 e. The van der Waals surface area contributed by atoms with E-state index in [0.29, 0.717) is 16.0 Å². The van der Waals surface area contributed by atoms with Crippen molar-refractivity contribution in [1.82, 2.24) is 19.5 Å². The third-order valence-electron chi connectivity index (χ3n) is 2.26. The Morgan fingerprint density at radius 3 is 2.78 bits per heavy atom. The van der Waals surface area contributed by atoms with Crippen molar-refractivity contribution in [3.05, 3.63) is 49.6 Å². The molecule has 94 valence electrons. The highest BCUT2D eigenvalue weighted by Crippen LogP contribution is 2.02. The molecule has 2 N–H and O–H groups in total. The van der Waals surface area contributed by atoms with E-state index in [1.54, 1.807) is 19.4 Å². The highest BCUT2D eigenvalue weighted by atomic mass is 79.9. The van der Waals surface area contributed by atoms with Gasteiger partial charge in [-0.05, 0) is 15.9 Å². The molecule has 0 saturated heterocycles. The lowest BCUT2D eigenvalue weighted by atomic mass is 10.4. The van der Waals surface area contributed by atoms with Crippen LogP contribution in [0.15, 0.2) is 32.7 Å². The van der Waals surface area contributed by atoms with Crippen molar-refractivity contribution in [3.8, 4) is 0 Å². The van der Waals surface area contributed by atoms with Gasteiger partial charge < -0.3 is 5.32 Å². The number of nitrogens with zero attached hydrogens (tertiary/aromatic N) is 3. The summed E-state index contributed by atoms with van der Waals surface area (Å²) in [6.07, 6.45) is 4.56. The van der Waals surface area contributed by atoms with Crippen molar-refractivity contribution in [2.75, 3.05) is 12.4 Å². The van der Waals surface area contributed by atoms with E-state index in [2.05, 4.69) is 36.2 Å². The Morgan fingerprint density at radius 2 is 2.17 bits per heavy atom. The van der Waals surface area contributed by atoms with E-state index in [9.17, 15) is 9.59 Å². The summed E-state index contributed by atoms with van der Waals surface area (Å²) in [7, 11) is 1.74. The molecule has 0 aromatic carbocycles. The van der Waals surface area contributed by atoms with Gasteiger partial charge in [-0.3, -0.25) is 19.3 Å². The van der Waals surface area contributed by atoms with Crippen LogP contribution in [0.25, 0.3) is 0 Å². The zero-order chi connectivity index (χ0) is 13.1. The van der Waals surface area contributed by atoms with Crippen molar-refractivity contribution >= 4 is 21.7 Å². The third-order valence-corrected chi connectivity index (χ3v) is 2.83. The van der Waals surface area contributed by atoms with Crippen LogP contribution >= 0.6 is 15.9 Å². The van der Waals surface area contributed by atoms with E-state index in [4.69, 9.17) is 0 Å². The standard InChI is InChI=1S/C10H10BrN5O2/c1-12-8-3-13-6(2-14-8)4-16-5-7(11)9(17)15-10(16)18/h2-3,5H,4H2,1H3,(H,12,14)(H,15,17,18). The average Bonchev–Trinajstić information content (AvgIpc) is 2.37. The predicted octanol–water partition coefficient (Wildman–Crippen LogP) is 0.179. The van der Waals surface area contributed by atoms with Gasteiger partial charge in [0.15, 0.2) is 0 Å². The molecule has 0 aliphatic carbocycles. The molecule has 0 amide bonds. The number of halogens is 1. The Labute approximate surface area is 110 Å². The van der Waals surface area contributed by atoms with Crippen LogP contribution in [-0.2, 0) is 6.54 Å². The van der Waals surface area contributed by atoms with Crippen molar-refractivity contribution in [2.45, 2.75) is 6.54 Å². The summed E-state index contributed by atoms with van der Waals surface area (Å²) >= 11 is 3.07. The van der Waals surface area contributed by atoms with Gasteiger partial charge >= 0.3 is 5.69 Å². The van der Waals surface area contributed by atoms with E-state index in [0.717, 1.165) is 0 Å². The summed E-state index contributed by atoms with van der Waals surface area (Å²) in [5.41, 5.74) is -0.314. The summed E-state index contributed by atoms with van der Waals surface area (Å²) in [5.74, 6) is 0.647. The van der Waals surface area contributed by atoms with Crippen LogP contribution < -0.4 is 16.6 Å². The Bertz CT molecular complexity index is 661. The van der Waals surface area contributed by atoms with Crippen molar-refractivity contribution in [1.29, 1.82) is 0 Å². The molecule has 2 aromatic rings. The number of hydrogen-bond acceptors (Lipinski definition) is 5. The van der Waals surface area contributed by atoms with Crippen LogP contribution in [-0.4, -0.2) is 26.6 Å². The van der Waals surface area contributed by atoms with Crippen molar-refractivity contribution in [3.63, 3.8) is 0 Å². The topological polar surface area (TPSA) is 92.7 Å². The van der Waals surface area contributed by atoms with Gasteiger partial charge in [-0.25, -0.2) is 9.78 Å². The van der Waals surface area contributed by atoms with Gasteiger partial charge in [0.25, 0.3) is 5.56 Å². The maximum Gasteiger partial charge on any atom is 0.328 e. The molecule has 0 bridgehead atoms. The van der Waals surface area contributed by atoms with Gasteiger partial charge in [0.2, 0.25) is 0 Å². The van der Waals surface area contributed by atoms with E-state index in [-0.39, 0.29) is 6.54 Å². The number of anilines is 1. The van der Waals surface area contributed by atoms with Crippen LogP contribution in [0.4, 0.5) is 5.82 Å². The first kappa shape index (κ1) is 12.5. The summed E-state index contributed by atoms with van der Waals surface area (Å²) in [6.45, 7) is 0.241. The van der Waals surface area contributed by atoms with Crippen molar-refractivity contribution in [2.24, 2.45) is 0 Å². The monoisotopic (exact) mass is 311 g/mol. The zero-order valence-electron chi connectivity index (χ0n) is 9.48. The van der Waals surface area contributed by atoms with Gasteiger partial charge in [0.05, 0.1) is 29.1 Å². The molecule has 0 aliphatic heterocycles. The summed E-state index contributed by atoms with van der Waals surface area (Å²) < 4.78 is 1.64. The fraction of sp³-hybridized carbons (Fsp3) is 0.200. The van der Waals surface area contributed by atoms with Gasteiger partial charge in [-0.15, -0.1) is 0 Å². The van der Waals surface area contributed by atoms with Crippen LogP contribution in [0.3, 0.4) is 0 Å². The third kappa shape index (κ3) is 2.65. The number of nitrogens with one attached hydrogen (secondary N) is 2. The van der Waals surface area contributed by atoms with Crippen LogP contribution in [0.5, 0.6) is 0 Å². The maximum absolute atomic E-state index is 11.5. The molecule has 7 nitrogen and oxygen atoms in total. The summed E-state index contributed by atoms with van der Waals surface area (Å²) in [5, 5.41) is 2.85. The molecule has 2 aromatic heterocycles. The second-order valence-corrected chi connectivity index (χ2v) is 4.36. The van der Waals surface area contributed by atoms with Gasteiger partial charge in [0, 0.05) is 13.2 Å². The average molecular weight is 312 g/mol. The number of aromatic amines is 1. The van der Waals surface area contributed by atoms with Gasteiger partial charge in [-0.2, -0.15) is 0 Å². The molecular formula is C10H10BrN5O2. The summed E-state index contributed by atoms with van der Waals surface area (Å²) in [4.78, 5) is 33.2. The lowest BCUT2D eigenvalue weighted by Crippen LogP contribution is -2.30. The number of aromatic nitrogens is 4. The Balaban J connectivity index is 2.31. The first-order chi connectivity index (χ1) is 8.60. The minimum atomic E-state index is -0.484. The Hall–Kier alpha value is -1.96. The second-order valence-electron chi connectivity index (χ2n) is 3.51. The summed E-state index contributed by atoms with van der Waals surface area (Å²) in [6, 6.07) is 0. The van der Waals surface area contributed by atoms with Crippen LogP contribution in [0.2, 0.25) is 0 Å². The molecule has 0 saturated carbocycles. The predicted molar refractivity (Wildman–Crippen MR) is 69.7 cm³/mol. The highest BCUT2D eigenvalue weighted by molar-refractivity contribution is 9.10. The number of rotatable bonds is 3. The molecule has 8 heteroatoms. The lowest BCUT2D eigenvalue weighted by Gasteiger charge is -2.05. The molecule has 0 spiro atoms. The second kappa shape index (κ2) is 5.13. The number of H-pyrrole nitrogens is 1. The lowest BCUT2D eigenvalue weighted by molar-refractivity contribution is 0.698. The zero-order valence-corrected chi connectivity index (χ0v) is 11.1. The number of hydrogen-bond donors (Lipinski definition) is 2. The molecule has 0 atom stereocenters. The maximum atomic E-state index is 11.5. The van der Waals surface area contributed by atoms with Gasteiger partial charge in [0.1, 0.15) is 5.82 Å². The fourth-order valence-corrected chi connectivity index (χ4v) is 1.69. The molecule has 2 heterocycles. The van der Waals surface area contributed by atoms with Crippen molar-refractivity contribution < 1.29 is 0 Å². The van der Waals surface area contributed by atoms with E-state index >= 15 is 0 Å². The molecule has 0 aliphatic rings. The molecule has 2 rings (SSSR count). The van der Waals surface area contributed by atoms with Crippen LogP contribution in [0, 0.1) is 0 Å². The van der Waals surface area contributed by atoms with E-state index in [1.807, 2.05) is 0 Å². The first-order valence-corrected chi connectivity index (χ1v) is 5.87. The molecule has 18 heavy (non-hydrogen) atoms. The Kier molecular flexibility index (Phi) is 3.56. The van der Waals surface area contributed by atoms with E-state index in [1.165, 1.54) is 10.8 Å². The van der Waals surface area contributed by atoms with Gasteiger partial charge in [-0.1, -0.05) is 0 Å². The Morgan fingerprint density at radius 1 is 1.39 bits per heavy atom. The van der Waals surface area contributed by atoms with Crippen LogP contribution in [0.1, 0.15) is 5.69 Å². The fourth-order valence-electron chi connectivity index (χ4n) is 1.34. The highest BCUT2D eigenvalue weighted by Gasteiger charge is 2.04. The molecular weight excluding hydrogens is 302 g/mol.